The van der Waals surface area contributed by atoms with E-state index in [9.17, 15) is 27.6 Å². The van der Waals surface area contributed by atoms with Crippen LogP contribution in [0.25, 0.3) is 0 Å². The van der Waals surface area contributed by atoms with Crippen LogP contribution in [0.5, 0.6) is 5.75 Å². The SMILES string of the molecule is COC(=O)C[C@@H](NC(=O)c1ccc(OC(F)(F)F)cc1)C(=O)OC. The summed E-state index contributed by atoms with van der Waals surface area (Å²) in [4.78, 5) is 34.8. The highest BCUT2D eigenvalue weighted by Crippen LogP contribution is 2.22. The molecular formula is C14H14F3NO6. The first kappa shape index (κ1) is 19.3. The van der Waals surface area contributed by atoms with Crippen molar-refractivity contribution >= 4 is 17.8 Å². The Bertz CT molecular complexity index is 600. The normalized spacial score (nSPS) is 12.0. The van der Waals surface area contributed by atoms with Gasteiger partial charge in [-0.1, -0.05) is 0 Å². The third-order valence-corrected chi connectivity index (χ3v) is 2.74. The van der Waals surface area contributed by atoms with Gasteiger partial charge in [0.2, 0.25) is 0 Å². The zero-order valence-electron chi connectivity index (χ0n) is 12.7. The number of amides is 1. The molecule has 0 saturated heterocycles. The highest BCUT2D eigenvalue weighted by atomic mass is 19.4. The molecule has 0 aliphatic rings. The van der Waals surface area contributed by atoms with Crippen LogP contribution in [0.4, 0.5) is 13.2 Å². The average Bonchev–Trinajstić information content (AvgIpc) is 2.52. The van der Waals surface area contributed by atoms with Crippen LogP contribution in [0.3, 0.4) is 0 Å². The van der Waals surface area contributed by atoms with E-state index in [-0.39, 0.29) is 5.56 Å². The number of halogens is 3. The molecule has 0 spiro atoms. The van der Waals surface area contributed by atoms with Crippen LogP contribution in [0, 0.1) is 0 Å². The number of carbonyl (C=O) groups is 3. The van der Waals surface area contributed by atoms with Crippen LogP contribution < -0.4 is 10.1 Å². The number of nitrogens with one attached hydrogen (secondary N) is 1. The van der Waals surface area contributed by atoms with Gasteiger partial charge in [-0.05, 0) is 24.3 Å². The third-order valence-electron chi connectivity index (χ3n) is 2.74. The molecule has 1 aromatic rings. The van der Waals surface area contributed by atoms with Crippen LogP contribution in [0.2, 0.25) is 0 Å². The van der Waals surface area contributed by atoms with Crippen molar-refractivity contribution < 1.29 is 41.8 Å². The Morgan fingerprint density at radius 3 is 2.12 bits per heavy atom. The van der Waals surface area contributed by atoms with E-state index < -0.39 is 42.4 Å². The van der Waals surface area contributed by atoms with Gasteiger partial charge >= 0.3 is 18.3 Å². The molecule has 1 N–H and O–H groups in total. The smallest absolute Gasteiger partial charge is 0.469 e. The van der Waals surface area contributed by atoms with Crippen LogP contribution >= 0.6 is 0 Å². The third kappa shape index (κ3) is 6.15. The van der Waals surface area contributed by atoms with E-state index in [0.29, 0.717) is 0 Å². The van der Waals surface area contributed by atoms with E-state index >= 15 is 0 Å². The Morgan fingerprint density at radius 2 is 1.67 bits per heavy atom. The van der Waals surface area contributed by atoms with E-state index in [0.717, 1.165) is 38.5 Å². The van der Waals surface area contributed by atoms with Crippen molar-refractivity contribution in [2.45, 2.75) is 18.8 Å². The molecule has 24 heavy (non-hydrogen) atoms. The molecule has 0 aliphatic carbocycles. The monoisotopic (exact) mass is 349 g/mol. The molecule has 1 rings (SSSR count). The maximum atomic E-state index is 12.1. The van der Waals surface area contributed by atoms with Gasteiger partial charge < -0.3 is 19.5 Å². The topological polar surface area (TPSA) is 90.9 Å². The Kier molecular flexibility index (Phi) is 6.57. The highest BCUT2D eigenvalue weighted by molar-refractivity contribution is 5.97. The number of rotatable bonds is 6. The van der Waals surface area contributed by atoms with E-state index in [1.165, 1.54) is 0 Å². The molecule has 0 saturated carbocycles. The quantitative estimate of drug-likeness (QED) is 0.781. The zero-order chi connectivity index (χ0) is 18.3. The highest BCUT2D eigenvalue weighted by Gasteiger charge is 2.31. The summed E-state index contributed by atoms with van der Waals surface area (Å²) in [6.45, 7) is 0. The second-order valence-electron chi connectivity index (χ2n) is 4.40. The van der Waals surface area contributed by atoms with Gasteiger partial charge in [-0.3, -0.25) is 9.59 Å². The minimum atomic E-state index is -4.85. The first-order valence-electron chi connectivity index (χ1n) is 6.47. The molecule has 132 valence electrons. The fourth-order valence-corrected chi connectivity index (χ4v) is 1.64. The summed E-state index contributed by atoms with van der Waals surface area (Å²) < 4.78 is 48.7. The molecule has 0 aromatic heterocycles. The molecule has 0 aliphatic heterocycles. The maximum Gasteiger partial charge on any atom is 0.573 e. The molecule has 10 heteroatoms. The minimum Gasteiger partial charge on any atom is -0.469 e. The summed E-state index contributed by atoms with van der Waals surface area (Å²) in [5, 5.41) is 2.24. The number of carbonyl (C=O) groups excluding carboxylic acids is 3. The minimum absolute atomic E-state index is 0.0386. The predicted molar refractivity (Wildman–Crippen MR) is 73.0 cm³/mol. The Hall–Kier alpha value is -2.78. The second kappa shape index (κ2) is 8.18. The van der Waals surface area contributed by atoms with Crippen LogP contribution in [0.15, 0.2) is 24.3 Å². The second-order valence-corrected chi connectivity index (χ2v) is 4.40. The molecule has 1 aromatic carbocycles. The molecule has 0 bridgehead atoms. The van der Waals surface area contributed by atoms with Crippen molar-refractivity contribution in [1.82, 2.24) is 5.32 Å². The fraction of sp³-hybridized carbons (Fsp3) is 0.357. The van der Waals surface area contributed by atoms with Gasteiger partial charge in [0, 0.05) is 5.56 Å². The molecule has 0 fully saturated rings. The lowest BCUT2D eigenvalue weighted by atomic mass is 10.1. The fourth-order valence-electron chi connectivity index (χ4n) is 1.64. The van der Waals surface area contributed by atoms with Gasteiger partial charge in [0.25, 0.3) is 5.91 Å². The summed E-state index contributed by atoms with van der Waals surface area (Å²) in [6, 6.07) is 2.73. The van der Waals surface area contributed by atoms with Crippen LogP contribution in [-0.4, -0.2) is 44.5 Å². The number of ether oxygens (including phenoxy) is 3. The lowest BCUT2D eigenvalue weighted by Crippen LogP contribution is -2.43. The zero-order valence-corrected chi connectivity index (χ0v) is 12.7. The number of hydrogen-bond donors (Lipinski definition) is 1. The number of benzene rings is 1. The first-order valence-corrected chi connectivity index (χ1v) is 6.47. The van der Waals surface area contributed by atoms with Crippen molar-refractivity contribution in [2.75, 3.05) is 14.2 Å². The summed E-state index contributed by atoms with van der Waals surface area (Å²) in [5.41, 5.74) is -0.0386. The number of methoxy groups -OCH3 is 2. The molecule has 0 heterocycles. The number of alkyl halides is 3. The van der Waals surface area contributed by atoms with Gasteiger partial charge in [0.1, 0.15) is 11.8 Å². The maximum absolute atomic E-state index is 12.1. The Labute approximate surface area is 134 Å². The first-order chi connectivity index (χ1) is 11.2. The summed E-state index contributed by atoms with van der Waals surface area (Å²) in [7, 11) is 2.18. The molecular weight excluding hydrogens is 335 g/mol. The Morgan fingerprint density at radius 1 is 1.08 bits per heavy atom. The van der Waals surface area contributed by atoms with Gasteiger partial charge in [-0.2, -0.15) is 0 Å². The summed E-state index contributed by atoms with van der Waals surface area (Å²) in [5.74, 6) is -2.91. The molecule has 7 nitrogen and oxygen atoms in total. The van der Waals surface area contributed by atoms with Crippen molar-refractivity contribution in [2.24, 2.45) is 0 Å². The Balaban J connectivity index is 2.80. The van der Waals surface area contributed by atoms with Crippen LogP contribution in [-0.2, 0) is 19.1 Å². The van der Waals surface area contributed by atoms with Crippen molar-refractivity contribution in [3.63, 3.8) is 0 Å². The molecule has 0 unspecified atom stereocenters. The van der Waals surface area contributed by atoms with E-state index in [4.69, 9.17) is 0 Å². The van der Waals surface area contributed by atoms with Gasteiger partial charge in [-0.25, -0.2) is 4.79 Å². The van der Waals surface area contributed by atoms with E-state index in [2.05, 4.69) is 19.5 Å². The summed E-state index contributed by atoms with van der Waals surface area (Å²) >= 11 is 0. The van der Waals surface area contributed by atoms with Crippen molar-refractivity contribution in [1.29, 1.82) is 0 Å². The number of hydrogen-bond acceptors (Lipinski definition) is 6. The van der Waals surface area contributed by atoms with Gasteiger partial charge in [0.05, 0.1) is 20.6 Å². The molecule has 1 atom stereocenters. The van der Waals surface area contributed by atoms with Crippen molar-refractivity contribution in [3.8, 4) is 5.75 Å². The molecule has 0 radical (unpaired) electrons. The largest absolute Gasteiger partial charge is 0.573 e. The lowest BCUT2D eigenvalue weighted by Gasteiger charge is -2.15. The average molecular weight is 349 g/mol. The van der Waals surface area contributed by atoms with Crippen molar-refractivity contribution in [3.05, 3.63) is 29.8 Å². The predicted octanol–water partition coefficient (Wildman–Crippen LogP) is 1.42. The van der Waals surface area contributed by atoms with Crippen LogP contribution in [0.1, 0.15) is 16.8 Å². The van der Waals surface area contributed by atoms with Gasteiger partial charge in [-0.15, -0.1) is 13.2 Å². The lowest BCUT2D eigenvalue weighted by molar-refractivity contribution is -0.274. The van der Waals surface area contributed by atoms with Gasteiger partial charge in [0.15, 0.2) is 0 Å². The standard InChI is InChI=1S/C14H14F3NO6/c1-22-11(19)7-10(13(21)23-2)18-12(20)8-3-5-9(6-4-8)24-14(15,16)17/h3-6,10H,7H2,1-2H3,(H,18,20)/t10-/m1/s1. The number of esters is 2. The molecule has 1 amide bonds. The summed E-state index contributed by atoms with van der Waals surface area (Å²) in [6.07, 6.45) is -5.30. The van der Waals surface area contributed by atoms with E-state index in [1.54, 1.807) is 0 Å². The van der Waals surface area contributed by atoms with E-state index in [1.807, 2.05) is 0 Å².